The van der Waals surface area contributed by atoms with Gasteiger partial charge in [-0.15, -0.1) is 0 Å². The van der Waals surface area contributed by atoms with Gasteiger partial charge in [-0.05, 0) is 49.6 Å². The molecule has 34 heavy (non-hydrogen) atoms. The van der Waals surface area contributed by atoms with Crippen molar-refractivity contribution in [2.24, 2.45) is 0 Å². The SMILES string of the molecule is CCOC(=O)N1CCN(C(=O)[C@@H](Cc2ccccc2)NS(=O)(=O)c2ccc(OC)c(C)c2)CC1. The quantitative estimate of drug-likeness (QED) is 0.610. The Balaban J connectivity index is 1.79. The predicted octanol–water partition coefficient (Wildman–Crippen LogP) is 2.19. The fraction of sp³-hybridized carbons (Fsp3) is 0.417. The van der Waals surface area contributed by atoms with Crippen molar-refractivity contribution in [3.8, 4) is 5.75 Å². The average Bonchev–Trinajstić information content (AvgIpc) is 2.84. The van der Waals surface area contributed by atoms with Gasteiger partial charge in [-0.2, -0.15) is 4.72 Å². The van der Waals surface area contributed by atoms with Crippen molar-refractivity contribution in [3.05, 3.63) is 59.7 Å². The van der Waals surface area contributed by atoms with E-state index in [1.807, 2.05) is 30.3 Å². The molecule has 2 amide bonds. The van der Waals surface area contributed by atoms with E-state index in [-0.39, 0.29) is 23.8 Å². The number of amides is 2. The van der Waals surface area contributed by atoms with E-state index in [4.69, 9.17) is 9.47 Å². The lowest BCUT2D eigenvalue weighted by Crippen LogP contribution is -2.56. The summed E-state index contributed by atoms with van der Waals surface area (Å²) >= 11 is 0. The molecule has 184 valence electrons. The van der Waals surface area contributed by atoms with Crippen LogP contribution in [0.3, 0.4) is 0 Å². The first-order chi connectivity index (χ1) is 16.2. The third-order valence-electron chi connectivity index (χ3n) is 5.67. The molecule has 0 bridgehead atoms. The van der Waals surface area contributed by atoms with Gasteiger partial charge in [-0.25, -0.2) is 13.2 Å². The summed E-state index contributed by atoms with van der Waals surface area (Å²) < 4.78 is 39.2. The van der Waals surface area contributed by atoms with Gasteiger partial charge < -0.3 is 19.3 Å². The molecule has 0 unspecified atom stereocenters. The highest BCUT2D eigenvalue weighted by Gasteiger charge is 2.32. The molecule has 1 atom stereocenters. The molecular weight excluding hydrogens is 458 g/mol. The molecule has 0 spiro atoms. The summed E-state index contributed by atoms with van der Waals surface area (Å²) in [6.07, 6.45) is -0.211. The molecule has 2 aromatic rings. The van der Waals surface area contributed by atoms with Crippen molar-refractivity contribution < 1.29 is 27.5 Å². The summed E-state index contributed by atoms with van der Waals surface area (Å²) in [5, 5.41) is 0. The number of carbonyl (C=O) groups excluding carboxylic acids is 2. The van der Waals surface area contributed by atoms with E-state index in [1.165, 1.54) is 19.2 Å². The fourth-order valence-electron chi connectivity index (χ4n) is 3.85. The molecule has 0 aromatic heterocycles. The first-order valence-corrected chi connectivity index (χ1v) is 12.6. The molecule has 1 heterocycles. The first-order valence-electron chi connectivity index (χ1n) is 11.2. The van der Waals surface area contributed by atoms with Gasteiger partial charge >= 0.3 is 6.09 Å². The van der Waals surface area contributed by atoms with Crippen LogP contribution >= 0.6 is 0 Å². The predicted molar refractivity (Wildman–Crippen MR) is 127 cm³/mol. The third-order valence-corrected chi connectivity index (χ3v) is 7.14. The minimum absolute atomic E-state index is 0.0591. The van der Waals surface area contributed by atoms with Crippen LogP contribution in [0.25, 0.3) is 0 Å². The van der Waals surface area contributed by atoms with Gasteiger partial charge in [0.1, 0.15) is 11.8 Å². The Morgan fingerprint density at radius 3 is 2.26 bits per heavy atom. The summed E-state index contributed by atoms with van der Waals surface area (Å²) in [7, 11) is -2.46. The van der Waals surface area contributed by atoms with Gasteiger partial charge in [0, 0.05) is 26.2 Å². The summed E-state index contributed by atoms with van der Waals surface area (Å²) in [6, 6.07) is 12.8. The second-order valence-electron chi connectivity index (χ2n) is 8.01. The van der Waals surface area contributed by atoms with E-state index in [1.54, 1.807) is 29.7 Å². The second-order valence-corrected chi connectivity index (χ2v) is 9.72. The summed E-state index contributed by atoms with van der Waals surface area (Å²) in [4.78, 5) is 28.6. The van der Waals surface area contributed by atoms with Crippen molar-refractivity contribution in [2.45, 2.75) is 31.2 Å². The molecule has 1 aliphatic rings. The summed E-state index contributed by atoms with van der Waals surface area (Å²) in [6.45, 7) is 5.03. The van der Waals surface area contributed by atoms with Crippen LogP contribution in [0.2, 0.25) is 0 Å². The van der Waals surface area contributed by atoms with Crippen LogP contribution in [-0.2, 0) is 26.0 Å². The second kappa shape index (κ2) is 11.3. The molecule has 3 rings (SSSR count). The molecule has 1 saturated heterocycles. The summed E-state index contributed by atoms with van der Waals surface area (Å²) in [5.74, 6) is 0.247. The number of aryl methyl sites for hydroxylation is 1. The minimum atomic E-state index is -3.98. The molecular formula is C24H31N3O6S. The molecule has 1 aliphatic heterocycles. The Kier molecular flexibility index (Phi) is 8.51. The maximum absolute atomic E-state index is 13.4. The van der Waals surface area contributed by atoms with Crippen LogP contribution in [0, 0.1) is 6.92 Å². The number of piperazine rings is 1. The molecule has 10 heteroatoms. The zero-order valence-corrected chi connectivity index (χ0v) is 20.5. The van der Waals surface area contributed by atoms with Crippen LogP contribution < -0.4 is 9.46 Å². The number of ether oxygens (including phenoxy) is 2. The normalized spacial score (nSPS) is 15.0. The van der Waals surface area contributed by atoms with E-state index in [0.717, 1.165) is 5.56 Å². The average molecular weight is 490 g/mol. The summed E-state index contributed by atoms with van der Waals surface area (Å²) in [5.41, 5.74) is 1.51. The van der Waals surface area contributed by atoms with Crippen LogP contribution in [0.1, 0.15) is 18.1 Å². The number of nitrogens with zero attached hydrogens (tertiary/aromatic N) is 2. The number of carbonyl (C=O) groups is 2. The maximum atomic E-state index is 13.4. The molecule has 0 aliphatic carbocycles. The number of benzene rings is 2. The van der Waals surface area contributed by atoms with Crippen LogP contribution in [0.4, 0.5) is 4.79 Å². The zero-order valence-electron chi connectivity index (χ0n) is 19.7. The van der Waals surface area contributed by atoms with E-state index in [2.05, 4.69) is 4.72 Å². The lowest BCUT2D eigenvalue weighted by molar-refractivity contribution is -0.134. The van der Waals surface area contributed by atoms with Crippen molar-refractivity contribution in [3.63, 3.8) is 0 Å². The van der Waals surface area contributed by atoms with E-state index in [0.29, 0.717) is 37.5 Å². The topological polar surface area (TPSA) is 105 Å². The number of hydrogen-bond acceptors (Lipinski definition) is 6. The van der Waals surface area contributed by atoms with Crippen LogP contribution in [0.5, 0.6) is 5.75 Å². The van der Waals surface area contributed by atoms with Gasteiger partial charge in [-0.1, -0.05) is 30.3 Å². The lowest BCUT2D eigenvalue weighted by Gasteiger charge is -2.36. The van der Waals surface area contributed by atoms with Crippen molar-refractivity contribution >= 4 is 22.0 Å². The van der Waals surface area contributed by atoms with Crippen molar-refractivity contribution in [2.75, 3.05) is 39.9 Å². The molecule has 1 fully saturated rings. The Bertz CT molecular complexity index is 1100. The highest BCUT2D eigenvalue weighted by Crippen LogP contribution is 2.22. The number of rotatable bonds is 8. The maximum Gasteiger partial charge on any atom is 0.409 e. The molecule has 9 nitrogen and oxygen atoms in total. The Morgan fingerprint density at radius 2 is 1.68 bits per heavy atom. The Morgan fingerprint density at radius 1 is 1.03 bits per heavy atom. The van der Waals surface area contributed by atoms with E-state index >= 15 is 0 Å². The van der Waals surface area contributed by atoms with Gasteiger partial charge in [0.05, 0.1) is 18.6 Å². The highest BCUT2D eigenvalue weighted by atomic mass is 32.2. The molecule has 2 aromatic carbocycles. The first kappa shape index (κ1) is 25.5. The smallest absolute Gasteiger partial charge is 0.409 e. The van der Waals surface area contributed by atoms with Crippen molar-refractivity contribution in [1.82, 2.24) is 14.5 Å². The number of nitrogens with one attached hydrogen (secondary N) is 1. The van der Waals surface area contributed by atoms with Gasteiger partial charge in [0.15, 0.2) is 0 Å². The number of sulfonamides is 1. The molecule has 1 N–H and O–H groups in total. The largest absolute Gasteiger partial charge is 0.496 e. The lowest BCUT2D eigenvalue weighted by atomic mass is 10.1. The molecule has 0 radical (unpaired) electrons. The van der Waals surface area contributed by atoms with Gasteiger partial charge in [-0.3, -0.25) is 4.79 Å². The fourth-order valence-corrected chi connectivity index (χ4v) is 5.12. The Hall–Kier alpha value is -3.11. The minimum Gasteiger partial charge on any atom is -0.496 e. The van der Waals surface area contributed by atoms with Crippen LogP contribution in [0.15, 0.2) is 53.4 Å². The van der Waals surface area contributed by atoms with E-state index < -0.39 is 22.2 Å². The Labute approximate surface area is 200 Å². The zero-order chi connectivity index (χ0) is 24.7. The number of hydrogen-bond donors (Lipinski definition) is 1. The van der Waals surface area contributed by atoms with E-state index in [9.17, 15) is 18.0 Å². The van der Waals surface area contributed by atoms with Crippen molar-refractivity contribution in [1.29, 1.82) is 0 Å². The molecule has 0 saturated carbocycles. The highest BCUT2D eigenvalue weighted by molar-refractivity contribution is 7.89. The van der Waals surface area contributed by atoms with Gasteiger partial charge in [0.2, 0.25) is 15.9 Å². The third kappa shape index (κ3) is 6.27. The standard InChI is InChI=1S/C24H31N3O6S/c1-4-33-24(29)27-14-12-26(13-15-27)23(28)21(17-19-8-6-5-7-9-19)25-34(30,31)20-10-11-22(32-3)18(2)16-20/h5-11,16,21,25H,4,12-15,17H2,1-3H3/t21-/m1/s1. The monoisotopic (exact) mass is 489 g/mol. The van der Waals surface area contributed by atoms with Crippen LogP contribution in [-0.4, -0.2) is 76.2 Å². The number of methoxy groups -OCH3 is 1. The van der Waals surface area contributed by atoms with Gasteiger partial charge in [0.25, 0.3) is 0 Å².